The van der Waals surface area contributed by atoms with E-state index in [1.807, 2.05) is 25.1 Å². The molecular weight excluding hydrogens is 454 g/mol. The lowest BCUT2D eigenvalue weighted by Gasteiger charge is -2.29. The summed E-state index contributed by atoms with van der Waals surface area (Å²) in [6.07, 6.45) is 1.32. The van der Waals surface area contributed by atoms with Crippen molar-refractivity contribution in [1.29, 1.82) is 0 Å². The standard InChI is InChI=1S/C22H20BrNO6/c1-13-6-4-5-7-17(13)24-19(25)12-28-18-9-8-15(23)10-14(18)11-16-20(26)29-22(2,3)30-21(16)27/h4-11H,12H2,1-3H3,(H,24,25). The molecule has 1 fully saturated rings. The van der Waals surface area contributed by atoms with E-state index < -0.39 is 17.7 Å². The van der Waals surface area contributed by atoms with E-state index >= 15 is 0 Å². The minimum absolute atomic E-state index is 0.256. The molecule has 2 aromatic carbocycles. The average Bonchev–Trinajstić information content (AvgIpc) is 2.65. The third-order valence-corrected chi connectivity index (χ3v) is 4.66. The zero-order valence-electron chi connectivity index (χ0n) is 16.7. The van der Waals surface area contributed by atoms with Gasteiger partial charge in [-0.3, -0.25) is 4.79 Å². The number of hydrogen-bond donors (Lipinski definition) is 1. The Hall–Kier alpha value is -3.13. The quantitative estimate of drug-likeness (QED) is 0.401. The maximum Gasteiger partial charge on any atom is 0.348 e. The molecule has 0 saturated carbocycles. The van der Waals surface area contributed by atoms with Gasteiger partial charge in [-0.25, -0.2) is 9.59 Å². The van der Waals surface area contributed by atoms with Crippen molar-refractivity contribution in [2.75, 3.05) is 11.9 Å². The van der Waals surface area contributed by atoms with Crippen molar-refractivity contribution >= 4 is 45.5 Å². The average molecular weight is 474 g/mol. The van der Waals surface area contributed by atoms with Gasteiger partial charge in [0, 0.05) is 29.6 Å². The number of benzene rings is 2. The molecule has 0 unspecified atom stereocenters. The second kappa shape index (κ2) is 8.71. The van der Waals surface area contributed by atoms with Gasteiger partial charge in [-0.05, 0) is 42.8 Å². The Kier molecular flexibility index (Phi) is 6.26. The van der Waals surface area contributed by atoms with Gasteiger partial charge in [0.25, 0.3) is 11.7 Å². The number of carbonyl (C=O) groups excluding carboxylic acids is 3. The Morgan fingerprint density at radius 2 is 1.80 bits per heavy atom. The van der Waals surface area contributed by atoms with Crippen LogP contribution in [-0.2, 0) is 23.9 Å². The smallest absolute Gasteiger partial charge is 0.348 e. The molecule has 1 N–H and O–H groups in total. The van der Waals surface area contributed by atoms with Crippen molar-refractivity contribution in [3.63, 3.8) is 0 Å². The summed E-state index contributed by atoms with van der Waals surface area (Å²) >= 11 is 3.35. The number of halogens is 1. The van der Waals surface area contributed by atoms with E-state index in [4.69, 9.17) is 14.2 Å². The molecule has 0 spiro atoms. The van der Waals surface area contributed by atoms with Crippen molar-refractivity contribution in [2.24, 2.45) is 0 Å². The van der Waals surface area contributed by atoms with Crippen molar-refractivity contribution in [1.82, 2.24) is 0 Å². The van der Waals surface area contributed by atoms with Crippen LogP contribution in [0.5, 0.6) is 5.75 Å². The van der Waals surface area contributed by atoms with E-state index in [1.165, 1.54) is 19.9 Å². The maximum atomic E-state index is 12.3. The molecule has 0 aliphatic carbocycles. The maximum absolute atomic E-state index is 12.3. The zero-order valence-corrected chi connectivity index (χ0v) is 18.2. The summed E-state index contributed by atoms with van der Waals surface area (Å²) in [5, 5.41) is 2.78. The third kappa shape index (κ3) is 5.27. The van der Waals surface area contributed by atoms with E-state index in [2.05, 4.69) is 21.2 Å². The molecule has 0 atom stereocenters. The van der Waals surface area contributed by atoms with Crippen molar-refractivity contribution in [3.05, 3.63) is 63.6 Å². The third-order valence-electron chi connectivity index (χ3n) is 4.17. The van der Waals surface area contributed by atoms with Crippen molar-refractivity contribution in [2.45, 2.75) is 26.6 Å². The first-order valence-corrected chi connectivity index (χ1v) is 9.90. The van der Waals surface area contributed by atoms with Gasteiger partial charge in [0.2, 0.25) is 0 Å². The number of aryl methyl sites for hydroxylation is 1. The van der Waals surface area contributed by atoms with Crippen LogP contribution in [0.1, 0.15) is 25.0 Å². The number of rotatable bonds is 5. The Morgan fingerprint density at radius 1 is 1.13 bits per heavy atom. The van der Waals surface area contributed by atoms with Crippen LogP contribution in [0.15, 0.2) is 52.5 Å². The van der Waals surface area contributed by atoms with E-state index in [0.29, 0.717) is 21.5 Å². The van der Waals surface area contributed by atoms with Gasteiger partial charge in [-0.2, -0.15) is 0 Å². The molecule has 30 heavy (non-hydrogen) atoms. The minimum Gasteiger partial charge on any atom is -0.483 e. The number of cyclic esters (lactones) is 2. The van der Waals surface area contributed by atoms with Crippen LogP contribution in [0.4, 0.5) is 5.69 Å². The summed E-state index contributed by atoms with van der Waals surface area (Å²) in [7, 11) is 0. The highest BCUT2D eigenvalue weighted by Crippen LogP contribution is 2.29. The number of carbonyl (C=O) groups is 3. The molecular formula is C22H20BrNO6. The molecule has 8 heteroatoms. The lowest BCUT2D eigenvalue weighted by atomic mass is 10.1. The number of anilines is 1. The Balaban J connectivity index is 1.77. The van der Waals surface area contributed by atoms with E-state index in [1.54, 1.807) is 24.3 Å². The number of nitrogens with one attached hydrogen (secondary N) is 1. The van der Waals surface area contributed by atoms with Crippen molar-refractivity contribution in [3.8, 4) is 5.75 Å². The second-order valence-corrected chi connectivity index (χ2v) is 7.99. The molecule has 7 nitrogen and oxygen atoms in total. The minimum atomic E-state index is -1.32. The molecule has 1 aliphatic rings. The van der Waals surface area contributed by atoms with Gasteiger partial charge >= 0.3 is 11.9 Å². The van der Waals surface area contributed by atoms with Crippen LogP contribution in [-0.4, -0.2) is 30.2 Å². The molecule has 1 aliphatic heterocycles. The second-order valence-electron chi connectivity index (χ2n) is 7.07. The molecule has 0 bridgehead atoms. The molecule has 1 saturated heterocycles. The summed E-state index contributed by atoms with van der Waals surface area (Å²) in [6, 6.07) is 12.4. The van der Waals surface area contributed by atoms with Crippen LogP contribution in [0, 0.1) is 6.92 Å². The van der Waals surface area contributed by atoms with E-state index in [9.17, 15) is 14.4 Å². The highest BCUT2D eigenvalue weighted by molar-refractivity contribution is 9.10. The Labute approximate surface area is 182 Å². The largest absolute Gasteiger partial charge is 0.483 e. The molecule has 0 radical (unpaired) electrons. The number of para-hydroxylation sites is 1. The lowest BCUT2D eigenvalue weighted by molar-refractivity contribution is -0.222. The SMILES string of the molecule is Cc1ccccc1NC(=O)COc1ccc(Br)cc1C=C1C(=O)OC(C)(C)OC1=O. The highest BCUT2D eigenvalue weighted by Gasteiger charge is 2.39. The summed E-state index contributed by atoms with van der Waals surface area (Å²) in [5.41, 5.74) is 1.77. The summed E-state index contributed by atoms with van der Waals surface area (Å²) in [4.78, 5) is 36.7. The lowest BCUT2D eigenvalue weighted by Crippen LogP contribution is -2.41. The molecule has 0 aromatic heterocycles. The number of ether oxygens (including phenoxy) is 3. The first-order valence-electron chi connectivity index (χ1n) is 9.11. The van der Waals surface area contributed by atoms with E-state index in [0.717, 1.165) is 5.56 Å². The molecule has 2 aromatic rings. The molecule has 1 heterocycles. The predicted molar refractivity (Wildman–Crippen MR) is 114 cm³/mol. The van der Waals surface area contributed by atoms with Gasteiger partial charge in [-0.15, -0.1) is 0 Å². The predicted octanol–water partition coefficient (Wildman–Crippen LogP) is 3.99. The first kappa shape index (κ1) is 21.6. The van der Waals surface area contributed by atoms with Crippen LogP contribution in [0.2, 0.25) is 0 Å². The Bertz CT molecular complexity index is 1020. The van der Waals surface area contributed by atoms with Gasteiger partial charge in [0.1, 0.15) is 11.3 Å². The zero-order chi connectivity index (χ0) is 21.9. The summed E-state index contributed by atoms with van der Waals surface area (Å²) < 4.78 is 16.6. The molecule has 1 amide bonds. The van der Waals surface area contributed by atoms with Crippen molar-refractivity contribution < 1.29 is 28.6 Å². The summed E-state index contributed by atoms with van der Waals surface area (Å²) in [6.45, 7) is 4.58. The molecule has 156 valence electrons. The number of hydrogen-bond acceptors (Lipinski definition) is 6. The van der Waals surface area contributed by atoms with Gasteiger partial charge in [-0.1, -0.05) is 34.1 Å². The van der Waals surface area contributed by atoms with Gasteiger partial charge < -0.3 is 19.5 Å². The van der Waals surface area contributed by atoms with Crippen LogP contribution >= 0.6 is 15.9 Å². The van der Waals surface area contributed by atoms with Crippen LogP contribution < -0.4 is 10.1 Å². The topological polar surface area (TPSA) is 90.9 Å². The van der Waals surface area contributed by atoms with Gasteiger partial charge in [0.15, 0.2) is 6.61 Å². The van der Waals surface area contributed by atoms with Crippen LogP contribution in [0.3, 0.4) is 0 Å². The highest BCUT2D eigenvalue weighted by atomic mass is 79.9. The van der Waals surface area contributed by atoms with Gasteiger partial charge in [0.05, 0.1) is 0 Å². The van der Waals surface area contributed by atoms with E-state index in [-0.39, 0.29) is 18.1 Å². The fraction of sp³-hybridized carbons (Fsp3) is 0.227. The fourth-order valence-electron chi connectivity index (χ4n) is 2.74. The normalized spacial score (nSPS) is 15.1. The Morgan fingerprint density at radius 3 is 2.47 bits per heavy atom. The first-order chi connectivity index (χ1) is 14.1. The number of amides is 1. The molecule has 3 rings (SSSR count). The monoisotopic (exact) mass is 473 g/mol. The summed E-state index contributed by atoms with van der Waals surface area (Å²) in [5.74, 6) is -2.94. The fourth-order valence-corrected chi connectivity index (χ4v) is 3.12. The number of esters is 2. The van der Waals surface area contributed by atoms with Crippen LogP contribution in [0.25, 0.3) is 6.08 Å².